The molecule has 122 valence electrons. The first-order valence-electron chi connectivity index (χ1n) is 9.15. The van der Waals surface area contributed by atoms with Crippen LogP contribution in [-0.2, 0) is 9.47 Å². The lowest BCUT2D eigenvalue weighted by Gasteiger charge is -2.45. The summed E-state index contributed by atoms with van der Waals surface area (Å²) in [6.07, 6.45) is 7.89. The SMILES string of the molecule is CCNCC1CCC(C)CC1C1CCOC2(CCOC2)C1. The zero-order valence-electron chi connectivity index (χ0n) is 13.9. The van der Waals surface area contributed by atoms with Crippen molar-refractivity contribution in [2.75, 3.05) is 32.9 Å². The summed E-state index contributed by atoms with van der Waals surface area (Å²) in [4.78, 5) is 0. The van der Waals surface area contributed by atoms with Crippen LogP contribution < -0.4 is 5.32 Å². The van der Waals surface area contributed by atoms with Crippen LogP contribution in [-0.4, -0.2) is 38.5 Å². The first-order valence-corrected chi connectivity index (χ1v) is 9.15. The molecule has 21 heavy (non-hydrogen) atoms. The van der Waals surface area contributed by atoms with Crippen molar-refractivity contribution in [3.8, 4) is 0 Å². The molecule has 1 N–H and O–H groups in total. The van der Waals surface area contributed by atoms with Gasteiger partial charge in [0.25, 0.3) is 0 Å². The molecule has 3 heteroatoms. The molecule has 0 aromatic heterocycles. The summed E-state index contributed by atoms with van der Waals surface area (Å²) in [5.74, 6) is 3.54. The fraction of sp³-hybridized carbons (Fsp3) is 1.00. The normalized spacial score (nSPS) is 44.3. The Morgan fingerprint density at radius 1 is 1.19 bits per heavy atom. The van der Waals surface area contributed by atoms with Crippen molar-refractivity contribution in [1.29, 1.82) is 0 Å². The van der Waals surface area contributed by atoms with Crippen molar-refractivity contribution in [2.24, 2.45) is 23.7 Å². The minimum Gasteiger partial charge on any atom is -0.378 e. The molecule has 5 atom stereocenters. The van der Waals surface area contributed by atoms with Gasteiger partial charge < -0.3 is 14.8 Å². The topological polar surface area (TPSA) is 30.5 Å². The Bertz CT molecular complexity index is 325. The largest absolute Gasteiger partial charge is 0.378 e. The second kappa shape index (κ2) is 6.97. The highest BCUT2D eigenvalue weighted by Crippen LogP contribution is 2.46. The third kappa shape index (κ3) is 3.62. The molecule has 2 saturated heterocycles. The van der Waals surface area contributed by atoms with Crippen LogP contribution >= 0.6 is 0 Å². The van der Waals surface area contributed by atoms with Crippen molar-refractivity contribution >= 4 is 0 Å². The monoisotopic (exact) mass is 295 g/mol. The maximum absolute atomic E-state index is 6.15. The van der Waals surface area contributed by atoms with Crippen LogP contribution in [0.3, 0.4) is 0 Å². The standard InChI is InChI=1S/C18H33NO2/c1-3-19-12-16-5-4-14(2)10-17(16)15-6-8-21-18(11-15)7-9-20-13-18/h14-17,19H,3-13H2,1-2H3. The average molecular weight is 295 g/mol. The van der Waals surface area contributed by atoms with Crippen LogP contribution in [0.4, 0.5) is 0 Å². The fourth-order valence-electron chi connectivity index (χ4n) is 4.94. The second-order valence-electron chi connectivity index (χ2n) is 7.74. The van der Waals surface area contributed by atoms with Crippen molar-refractivity contribution in [3.63, 3.8) is 0 Å². The molecule has 1 saturated carbocycles. The Morgan fingerprint density at radius 2 is 2.10 bits per heavy atom. The fourth-order valence-corrected chi connectivity index (χ4v) is 4.94. The number of hydrogen-bond donors (Lipinski definition) is 1. The molecule has 5 unspecified atom stereocenters. The van der Waals surface area contributed by atoms with Crippen LogP contribution in [0.2, 0.25) is 0 Å². The maximum atomic E-state index is 6.15. The first kappa shape index (κ1) is 15.8. The first-order chi connectivity index (χ1) is 10.2. The molecule has 2 aliphatic heterocycles. The van der Waals surface area contributed by atoms with Crippen LogP contribution in [0.15, 0.2) is 0 Å². The van der Waals surface area contributed by atoms with E-state index in [1.165, 1.54) is 38.6 Å². The summed E-state index contributed by atoms with van der Waals surface area (Å²) in [5, 5.41) is 3.61. The average Bonchev–Trinajstić information content (AvgIpc) is 2.94. The van der Waals surface area contributed by atoms with E-state index in [4.69, 9.17) is 9.47 Å². The van der Waals surface area contributed by atoms with E-state index in [0.29, 0.717) is 0 Å². The van der Waals surface area contributed by atoms with E-state index in [0.717, 1.165) is 56.5 Å². The summed E-state index contributed by atoms with van der Waals surface area (Å²) in [5.41, 5.74) is 0.0757. The molecule has 0 amide bonds. The molecule has 1 aliphatic carbocycles. The van der Waals surface area contributed by atoms with E-state index in [1.807, 2.05) is 0 Å². The van der Waals surface area contributed by atoms with Crippen LogP contribution in [0.5, 0.6) is 0 Å². The molecule has 0 aromatic carbocycles. The minimum absolute atomic E-state index is 0.0757. The van der Waals surface area contributed by atoms with Crippen LogP contribution in [0, 0.1) is 23.7 Å². The smallest absolute Gasteiger partial charge is 0.0939 e. The molecule has 0 aromatic rings. The zero-order chi connectivity index (χ0) is 14.7. The highest BCUT2D eigenvalue weighted by Gasteiger charge is 2.45. The Hall–Kier alpha value is -0.120. The highest BCUT2D eigenvalue weighted by molar-refractivity contribution is 4.94. The molecule has 1 spiro atoms. The highest BCUT2D eigenvalue weighted by atomic mass is 16.6. The van der Waals surface area contributed by atoms with Crippen LogP contribution in [0.1, 0.15) is 52.4 Å². The quantitative estimate of drug-likeness (QED) is 0.864. The third-order valence-electron chi connectivity index (χ3n) is 6.17. The summed E-state index contributed by atoms with van der Waals surface area (Å²) in [7, 11) is 0. The van der Waals surface area contributed by atoms with Gasteiger partial charge >= 0.3 is 0 Å². The number of hydrogen-bond acceptors (Lipinski definition) is 3. The van der Waals surface area contributed by atoms with Gasteiger partial charge in [0.2, 0.25) is 0 Å². The molecule has 3 rings (SSSR count). The molecular weight excluding hydrogens is 262 g/mol. The van der Waals surface area contributed by atoms with Crippen LogP contribution in [0.25, 0.3) is 0 Å². The summed E-state index contributed by atoms with van der Waals surface area (Å²) < 4.78 is 11.8. The Balaban J connectivity index is 1.66. The number of ether oxygens (including phenoxy) is 2. The summed E-state index contributed by atoms with van der Waals surface area (Å²) in [6.45, 7) is 9.67. The van der Waals surface area contributed by atoms with Gasteiger partial charge in [0, 0.05) is 19.6 Å². The van der Waals surface area contributed by atoms with E-state index in [2.05, 4.69) is 19.2 Å². The van der Waals surface area contributed by atoms with Crippen molar-refractivity contribution in [2.45, 2.75) is 58.0 Å². The molecule has 2 heterocycles. The Morgan fingerprint density at radius 3 is 2.86 bits per heavy atom. The lowest BCUT2D eigenvalue weighted by molar-refractivity contribution is -0.114. The van der Waals surface area contributed by atoms with E-state index in [-0.39, 0.29) is 5.60 Å². The summed E-state index contributed by atoms with van der Waals surface area (Å²) >= 11 is 0. The van der Waals surface area contributed by atoms with Crippen molar-refractivity contribution < 1.29 is 9.47 Å². The van der Waals surface area contributed by atoms with Gasteiger partial charge in [0.1, 0.15) is 0 Å². The molecule has 3 fully saturated rings. The minimum atomic E-state index is 0.0757. The van der Waals surface area contributed by atoms with Gasteiger partial charge in [-0.3, -0.25) is 0 Å². The van der Waals surface area contributed by atoms with Gasteiger partial charge in [0.05, 0.1) is 12.2 Å². The molecule has 0 bridgehead atoms. The third-order valence-corrected chi connectivity index (χ3v) is 6.17. The van der Waals surface area contributed by atoms with Gasteiger partial charge in [-0.15, -0.1) is 0 Å². The molecule has 3 aliphatic rings. The van der Waals surface area contributed by atoms with E-state index in [9.17, 15) is 0 Å². The van der Waals surface area contributed by atoms with Gasteiger partial charge in [-0.25, -0.2) is 0 Å². The maximum Gasteiger partial charge on any atom is 0.0939 e. The predicted octanol–water partition coefficient (Wildman–Crippen LogP) is 3.23. The van der Waals surface area contributed by atoms with Crippen molar-refractivity contribution in [1.82, 2.24) is 5.32 Å². The second-order valence-corrected chi connectivity index (χ2v) is 7.74. The van der Waals surface area contributed by atoms with Gasteiger partial charge in [0.15, 0.2) is 0 Å². The van der Waals surface area contributed by atoms with Gasteiger partial charge in [-0.2, -0.15) is 0 Å². The Kier molecular flexibility index (Phi) is 5.23. The number of rotatable bonds is 4. The van der Waals surface area contributed by atoms with E-state index >= 15 is 0 Å². The molecule has 0 radical (unpaired) electrons. The van der Waals surface area contributed by atoms with Gasteiger partial charge in [-0.1, -0.05) is 20.3 Å². The molecular formula is C18H33NO2. The van der Waals surface area contributed by atoms with E-state index in [1.54, 1.807) is 0 Å². The Labute approximate surface area is 130 Å². The van der Waals surface area contributed by atoms with Crippen molar-refractivity contribution in [3.05, 3.63) is 0 Å². The molecule has 3 nitrogen and oxygen atoms in total. The predicted molar refractivity (Wildman–Crippen MR) is 85.4 cm³/mol. The lowest BCUT2D eigenvalue weighted by atomic mass is 9.65. The lowest BCUT2D eigenvalue weighted by Crippen LogP contribution is -2.45. The van der Waals surface area contributed by atoms with Gasteiger partial charge in [-0.05, 0) is 62.4 Å². The summed E-state index contributed by atoms with van der Waals surface area (Å²) in [6, 6.07) is 0. The van der Waals surface area contributed by atoms with E-state index < -0.39 is 0 Å². The number of nitrogens with one attached hydrogen (secondary N) is 1. The zero-order valence-corrected chi connectivity index (χ0v) is 13.9.